The minimum absolute atomic E-state index is 0. The van der Waals surface area contributed by atoms with Crippen LogP contribution in [0.5, 0.6) is 0 Å². The first kappa shape index (κ1) is 15.7. The number of amides is 1. The average molecular weight is 277 g/mol. The summed E-state index contributed by atoms with van der Waals surface area (Å²) in [6.45, 7) is 8.47. The van der Waals surface area contributed by atoms with E-state index in [1.807, 2.05) is 18.7 Å². The van der Waals surface area contributed by atoms with Crippen molar-refractivity contribution >= 4 is 18.3 Å². The Bertz CT molecular complexity index is 262. The fourth-order valence-corrected chi connectivity index (χ4v) is 3.02. The molecule has 0 spiro atoms. The van der Waals surface area contributed by atoms with E-state index in [4.69, 9.17) is 4.74 Å². The summed E-state index contributed by atoms with van der Waals surface area (Å²) in [6, 6.07) is 0. The Morgan fingerprint density at radius 3 is 2.39 bits per heavy atom. The summed E-state index contributed by atoms with van der Waals surface area (Å²) in [7, 11) is 0. The highest BCUT2D eigenvalue weighted by molar-refractivity contribution is 5.85. The molecule has 0 aromatic carbocycles. The van der Waals surface area contributed by atoms with Gasteiger partial charge in [-0.25, -0.2) is 0 Å². The summed E-state index contributed by atoms with van der Waals surface area (Å²) in [6.07, 6.45) is 2.00. The molecule has 0 aromatic heterocycles. The van der Waals surface area contributed by atoms with E-state index in [9.17, 15) is 4.79 Å². The van der Waals surface area contributed by atoms with Crippen molar-refractivity contribution in [2.45, 2.75) is 32.8 Å². The number of likely N-dealkylation sites (tertiary alicyclic amines) is 1. The van der Waals surface area contributed by atoms with Gasteiger partial charge in [0.1, 0.15) is 6.10 Å². The quantitative estimate of drug-likeness (QED) is 0.845. The number of rotatable bonds is 3. The van der Waals surface area contributed by atoms with Gasteiger partial charge in [0.2, 0.25) is 0 Å². The number of nitrogens with one attached hydrogen (secondary N) is 1. The number of fused-ring (bicyclic) bond motifs is 1. The van der Waals surface area contributed by atoms with Crippen LogP contribution < -0.4 is 5.32 Å². The zero-order chi connectivity index (χ0) is 12.3. The number of carbonyl (C=O) groups excluding carboxylic acids is 1. The number of carbonyl (C=O) groups is 1. The van der Waals surface area contributed by atoms with E-state index >= 15 is 0 Å². The molecule has 0 radical (unpaired) electrons. The molecule has 106 valence electrons. The summed E-state index contributed by atoms with van der Waals surface area (Å²) >= 11 is 0. The molecule has 4 nitrogen and oxygen atoms in total. The minimum Gasteiger partial charge on any atom is -0.369 e. The smallest absolute Gasteiger partial charge is 0.251 e. The second-order valence-electron chi connectivity index (χ2n) is 5.18. The lowest BCUT2D eigenvalue weighted by molar-refractivity contribution is -0.142. The van der Waals surface area contributed by atoms with Gasteiger partial charge in [-0.1, -0.05) is 0 Å². The zero-order valence-corrected chi connectivity index (χ0v) is 12.2. The summed E-state index contributed by atoms with van der Waals surface area (Å²) in [5.74, 6) is 1.71. The molecule has 0 aliphatic carbocycles. The molecule has 2 saturated heterocycles. The van der Waals surface area contributed by atoms with Crippen molar-refractivity contribution in [1.82, 2.24) is 10.2 Å². The molecule has 2 aliphatic heterocycles. The van der Waals surface area contributed by atoms with E-state index in [-0.39, 0.29) is 24.4 Å². The third kappa shape index (κ3) is 3.59. The third-order valence-corrected chi connectivity index (χ3v) is 4.10. The lowest BCUT2D eigenvalue weighted by Gasteiger charge is -2.24. The van der Waals surface area contributed by atoms with Crippen LogP contribution in [0.2, 0.25) is 0 Å². The first-order valence-corrected chi connectivity index (χ1v) is 6.83. The van der Waals surface area contributed by atoms with Gasteiger partial charge in [0, 0.05) is 19.7 Å². The van der Waals surface area contributed by atoms with Gasteiger partial charge in [-0.05, 0) is 51.6 Å². The van der Waals surface area contributed by atoms with Crippen LogP contribution in [0.15, 0.2) is 0 Å². The van der Waals surface area contributed by atoms with Crippen LogP contribution in [0.25, 0.3) is 0 Å². The summed E-state index contributed by atoms with van der Waals surface area (Å²) < 4.78 is 5.39. The van der Waals surface area contributed by atoms with Gasteiger partial charge in [-0.3, -0.25) is 4.79 Å². The van der Waals surface area contributed by atoms with Crippen molar-refractivity contribution in [2.75, 3.05) is 32.8 Å². The molecule has 1 N–H and O–H groups in total. The topological polar surface area (TPSA) is 41.6 Å². The maximum atomic E-state index is 12.1. The molecule has 1 unspecified atom stereocenters. The van der Waals surface area contributed by atoms with Gasteiger partial charge in [-0.2, -0.15) is 0 Å². The van der Waals surface area contributed by atoms with Gasteiger partial charge in [0.05, 0.1) is 0 Å². The van der Waals surface area contributed by atoms with Crippen molar-refractivity contribution in [1.29, 1.82) is 0 Å². The van der Waals surface area contributed by atoms with Crippen molar-refractivity contribution < 1.29 is 9.53 Å². The molecule has 1 amide bonds. The predicted octanol–water partition coefficient (Wildman–Crippen LogP) is 1.29. The van der Waals surface area contributed by atoms with Gasteiger partial charge < -0.3 is 15.0 Å². The Morgan fingerprint density at radius 2 is 1.89 bits per heavy atom. The van der Waals surface area contributed by atoms with E-state index in [2.05, 4.69) is 5.32 Å². The molecule has 18 heavy (non-hydrogen) atoms. The molecule has 2 heterocycles. The van der Waals surface area contributed by atoms with E-state index in [1.165, 1.54) is 0 Å². The largest absolute Gasteiger partial charge is 0.369 e. The number of ether oxygens (including phenoxy) is 1. The number of hydrogen-bond donors (Lipinski definition) is 1. The van der Waals surface area contributed by atoms with E-state index in [0.717, 1.165) is 50.9 Å². The minimum atomic E-state index is -0.281. The van der Waals surface area contributed by atoms with Gasteiger partial charge in [0.25, 0.3) is 5.91 Å². The molecule has 2 fully saturated rings. The Labute approximate surface area is 116 Å². The number of halogens is 1. The Kier molecular flexibility index (Phi) is 6.39. The van der Waals surface area contributed by atoms with E-state index in [1.54, 1.807) is 0 Å². The molecule has 2 rings (SSSR count). The van der Waals surface area contributed by atoms with Crippen LogP contribution in [-0.2, 0) is 9.53 Å². The maximum absolute atomic E-state index is 12.1. The Balaban J connectivity index is 0.00000162. The highest BCUT2D eigenvalue weighted by Gasteiger charge is 2.32. The predicted molar refractivity (Wildman–Crippen MR) is 74.0 cm³/mol. The first-order valence-electron chi connectivity index (χ1n) is 6.83. The Hall–Kier alpha value is -0.320. The van der Waals surface area contributed by atoms with E-state index in [0.29, 0.717) is 6.61 Å². The molecule has 3 atom stereocenters. The third-order valence-electron chi connectivity index (χ3n) is 4.10. The van der Waals surface area contributed by atoms with Crippen molar-refractivity contribution in [3.05, 3.63) is 0 Å². The molecule has 0 saturated carbocycles. The molecular formula is C13H25ClN2O2. The second-order valence-corrected chi connectivity index (χ2v) is 5.18. The molecule has 5 heteroatoms. The molecular weight excluding hydrogens is 252 g/mol. The Morgan fingerprint density at radius 1 is 1.33 bits per heavy atom. The average Bonchev–Trinajstić information content (AvgIpc) is 2.68. The molecule has 2 aliphatic rings. The summed E-state index contributed by atoms with van der Waals surface area (Å²) in [5, 5.41) is 3.45. The van der Waals surface area contributed by atoms with Crippen LogP contribution >= 0.6 is 12.4 Å². The summed E-state index contributed by atoms with van der Waals surface area (Å²) in [4.78, 5) is 14.1. The monoisotopic (exact) mass is 276 g/mol. The van der Waals surface area contributed by atoms with Crippen molar-refractivity contribution in [3.8, 4) is 0 Å². The van der Waals surface area contributed by atoms with Crippen molar-refractivity contribution in [3.63, 3.8) is 0 Å². The van der Waals surface area contributed by atoms with Crippen LogP contribution in [0.1, 0.15) is 26.7 Å². The first-order chi connectivity index (χ1) is 8.22. The van der Waals surface area contributed by atoms with E-state index < -0.39 is 0 Å². The number of hydrogen-bond acceptors (Lipinski definition) is 3. The molecule has 0 aromatic rings. The fourth-order valence-electron chi connectivity index (χ4n) is 3.02. The lowest BCUT2D eigenvalue weighted by Crippen LogP contribution is -2.40. The second kappa shape index (κ2) is 7.31. The maximum Gasteiger partial charge on any atom is 0.251 e. The number of nitrogens with zero attached hydrogens (tertiary/aromatic N) is 1. The normalized spacial score (nSPS) is 29.1. The van der Waals surface area contributed by atoms with Crippen LogP contribution in [0.4, 0.5) is 0 Å². The van der Waals surface area contributed by atoms with Gasteiger partial charge >= 0.3 is 0 Å². The molecule has 0 bridgehead atoms. The standard InChI is InChI=1S/C13H24N2O2.ClH/c1-3-17-10(2)13(16)15-6-4-11-8-14-9-12(11)5-7-15;/h10-12,14H,3-9H2,1-2H3;1H/t10?,11-,12+;. The van der Waals surface area contributed by atoms with Crippen LogP contribution in [-0.4, -0.2) is 49.7 Å². The van der Waals surface area contributed by atoms with Gasteiger partial charge in [-0.15, -0.1) is 12.4 Å². The summed E-state index contributed by atoms with van der Waals surface area (Å²) in [5.41, 5.74) is 0. The fraction of sp³-hybridized carbons (Fsp3) is 0.923. The highest BCUT2D eigenvalue weighted by atomic mass is 35.5. The highest BCUT2D eigenvalue weighted by Crippen LogP contribution is 2.27. The van der Waals surface area contributed by atoms with Crippen molar-refractivity contribution in [2.24, 2.45) is 11.8 Å². The SMILES string of the molecule is CCOC(C)C(=O)N1CC[C@@H]2CNC[C@@H]2CC1.Cl. The zero-order valence-electron chi connectivity index (χ0n) is 11.4. The van der Waals surface area contributed by atoms with Gasteiger partial charge in [0.15, 0.2) is 0 Å². The van der Waals surface area contributed by atoms with Crippen LogP contribution in [0, 0.1) is 11.8 Å². The van der Waals surface area contributed by atoms with Crippen LogP contribution in [0.3, 0.4) is 0 Å². The lowest BCUT2D eigenvalue weighted by atomic mass is 9.92.